The molecule has 4 N–H and O–H groups in total. The first kappa shape index (κ1) is 27.6. The van der Waals surface area contributed by atoms with Gasteiger partial charge in [0.2, 0.25) is 10.0 Å². The lowest BCUT2D eigenvalue weighted by Crippen LogP contribution is -2.44. The average Bonchev–Trinajstić information content (AvgIpc) is 3.18. The normalized spacial score (nSPS) is 17.6. The number of nitrogens with zero attached hydrogens (tertiary/aromatic N) is 1. The third-order valence-electron chi connectivity index (χ3n) is 5.10. The molecular weight excluding hydrogens is 506 g/mol. The van der Waals surface area contributed by atoms with E-state index in [-0.39, 0.29) is 17.2 Å². The van der Waals surface area contributed by atoms with Gasteiger partial charge >= 0.3 is 11.9 Å². The molecule has 1 amide bonds. The minimum absolute atomic E-state index is 0.176. The molecule has 1 aromatic heterocycles. The number of carboxylic acids is 2. The summed E-state index contributed by atoms with van der Waals surface area (Å²) in [5.41, 5.74) is 1.84. The van der Waals surface area contributed by atoms with Crippen molar-refractivity contribution in [3.05, 3.63) is 50.7 Å². The van der Waals surface area contributed by atoms with Crippen LogP contribution in [0.1, 0.15) is 40.7 Å². The highest BCUT2D eigenvalue weighted by Gasteiger charge is 2.29. The molecule has 2 aromatic rings. The zero-order valence-corrected chi connectivity index (χ0v) is 21.1. The summed E-state index contributed by atoms with van der Waals surface area (Å²) in [4.78, 5) is 34.6. The van der Waals surface area contributed by atoms with Crippen molar-refractivity contribution in [1.29, 1.82) is 0 Å². The molecule has 1 aromatic carbocycles. The van der Waals surface area contributed by atoms with Crippen LogP contribution in [-0.4, -0.2) is 66.8 Å². The minimum Gasteiger partial charge on any atom is -0.473 e. The Balaban J connectivity index is 0.000000604. The molecule has 0 saturated heterocycles. The van der Waals surface area contributed by atoms with E-state index in [0.29, 0.717) is 30.2 Å². The summed E-state index contributed by atoms with van der Waals surface area (Å²) in [6.45, 7) is 5.58. The Morgan fingerprint density at radius 2 is 1.82 bits per heavy atom. The number of thiophene rings is 1. The highest BCUT2D eigenvalue weighted by Crippen LogP contribution is 2.35. The molecule has 0 bridgehead atoms. The molecule has 0 fully saturated rings. The zero-order chi connectivity index (χ0) is 25.6. The smallest absolute Gasteiger partial charge is 0.414 e. The molecule has 2 atom stereocenters. The number of sulfonamides is 1. The number of carbonyl (C=O) groups is 3. The second kappa shape index (κ2) is 11.6. The fourth-order valence-electron chi connectivity index (χ4n) is 3.66. The lowest BCUT2D eigenvalue weighted by atomic mass is 9.97. The SMILES string of the molecule is C[C@@H]1Cc2ccsc2[C@H](C)N1CCNC(=O)c1ccc(Cl)cc1NS(C)(=O)=O.O=C(O)C(=O)O. The van der Waals surface area contributed by atoms with E-state index < -0.39 is 22.0 Å². The molecule has 0 radical (unpaired) electrons. The number of aliphatic carboxylic acids is 2. The molecule has 0 saturated carbocycles. The molecule has 186 valence electrons. The molecular formula is C21H26ClN3O7S2. The fourth-order valence-corrected chi connectivity index (χ4v) is 5.41. The molecule has 13 heteroatoms. The van der Waals surface area contributed by atoms with Gasteiger partial charge in [-0.2, -0.15) is 0 Å². The second-order valence-electron chi connectivity index (χ2n) is 7.71. The maximum absolute atomic E-state index is 12.6. The number of hydrogen-bond acceptors (Lipinski definition) is 7. The standard InChI is InChI=1S/C19H24ClN3O3S2.C2H2O4/c1-12-10-14-6-9-27-18(14)13(2)23(12)8-7-21-19(24)16-5-4-15(20)11-17(16)22-28(3,25)26;3-1(4)2(5)6/h4-6,9,11-13,22H,7-8,10H2,1-3H3,(H,21,24);(H,3,4)(H,5,6)/t12-,13+;/m1./s1. The van der Waals surface area contributed by atoms with Gasteiger partial charge in [0.1, 0.15) is 0 Å². The van der Waals surface area contributed by atoms with E-state index >= 15 is 0 Å². The van der Waals surface area contributed by atoms with E-state index in [1.807, 2.05) is 0 Å². The quantitative estimate of drug-likeness (QED) is 0.415. The van der Waals surface area contributed by atoms with Crippen LogP contribution >= 0.6 is 22.9 Å². The van der Waals surface area contributed by atoms with Gasteiger partial charge in [0.25, 0.3) is 5.91 Å². The van der Waals surface area contributed by atoms with Gasteiger partial charge in [0.05, 0.1) is 17.5 Å². The van der Waals surface area contributed by atoms with Gasteiger partial charge in [-0.1, -0.05) is 11.6 Å². The van der Waals surface area contributed by atoms with Crippen molar-refractivity contribution in [3.63, 3.8) is 0 Å². The Bertz CT molecular complexity index is 1150. The molecule has 0 spiro atoms. The number of fused-ring (bicyclic) bond motifs is 1. The van der Waals surface area contributed by atoms with Crippen molar-refractivity contribution < 1.29 is 33.0 Å². The van der Waals surface area contributed by atoms with E-state index in [1.165, 1.54) is 22.6 Å². The summed E-state index contributed by atoms with van der Waals surface area (Å²) in [5, 5.41) is 20.2. The molecule has 0 aliphatic carbocycles. The van der Waals surface area contributed by atoms with E-state index in [2.05, 4.69) is 40.2 Å². The Kier molecular flexibility index (Phi) is 9.45. The fraction of sp³-hybridized carbons (Fsp3) is 0.381. The van der Waals surface area contributed by atoms with Crippen molar-refractivity contribution in [2.75, 3.05) is 24.1 Å². The van der Waals surface area contributed by atoms with Gasteiger partial charge in [-0.25, -0.2) is 18.0 Å². The summed E-state index contributed by atoms with van der Waals surface area (Å²) < 4.78 is 25.5. The summed E-state index contributed by atoms with van der Waals surface area (Å²) in [5.74, 6) is -3.98. The Labute approximate surface area is 206 Å². The van der Waals surface area contributed by atoms with Crippen molar-refractivity contribution in [3.8, 4) is 0 Å². The van der Waals surface area contributed by atoms with E-state index in [9.17, 15) is 13.2 Å². The molecule has 0 unspecified atom stereocenters. The first-order valence-electron chi connectivity index (χ1n) is 10.1. The third kappa shape index (κ3) is 7.69. The molecule has 1 aliphatic rings. The number of anilines is 1. The van der Waals surface area contributed by atoms with Gasteiger partial charge in [-0.05, 0) is 55.5 Å². The monoisotopic (exact) mass is 531 g/mol. The molecule has 34 heavy (non-hydrogen) atoms. The number of benzene rings is 1. The Morgan fingerprint density at radius 3 is 2.41 bits per heavy atom. The van der Waals surface area contributed by atoms with Gasteiger partial charge in [-0.3, -0.25) is 14.4 Å². The maximum atomic E-state index is 12.6. The number of rotatable bonds is 6. The van der Waals surface area contributed by atoms with Gasteiger partial charge in [0, 0.05) is 35.1 Å². The molecule has 3 rings (SSSR count). The maximum Gasteiger partial charge on any atom is 0.414 e. The van der Waals surface area contributed by atoms with Crippen LogP contribution in [0.25, 0.3) is 0 Å². The van der Waals surface area contributed by atoms with E-state index in [0.717, 1.165) is 12.7 Å². The lowest BCUT2D eigenvalue weighted by molar-refractivity contribution is -0.159. The number of carbonyl (C=O) groups excluding carboxylic acids is 1. The topological polar surface area (TPSA) is 153 Å². The van der Waals surface area contributed by atoms with Gasteiger partial charge in [-0.15, -0.1) is 11.3 Å². The average molecular weight is 532 g/mol. The van der Waals surface area contributed by atoms with Crippen LogP contribution in [0.5, 0.6) is 0 Å². The minimum atomic E-state index is -3.52. The van der Waals surface area contributed by atoms with Crippen molar-refractivity contribution in [2.45, 2.75) is 32.4 Å². The highest BCUT2D eigenvalue weighted by atomic mass is 35.5. The third-order valence-corrected chi connectivity index (χ3v) is 7.05. The van der Waals surface area contributed by atoms with Crippen LogP contribution in [0, 0.1) is 0 Å². The van der Waals surface area contributed by atoms with Crippen LogP contribution in [0.3, 0.4) is 0 Å². The van der Waals surface area contributed by atoms with Crippen molar-refractivity contribution in [2.24, 2.45) is 0 Å². The number of halogens is 1. The summed E-state index contributed by atoms with van der Waals surface area (Å²) in [7, 11) is -3.52. The van der Waals surface area contributed by atoms with Gasteiger partial charge < -0.3 is 15.5 Å². The highest BCUT2D eigenvalue weighted by molar-refractivity contribution is 7.92. The second-order valence-corrected chi connectivity index (χ2v) is 10.8. The van der Waals surface area contributed by atoms with Crippen LogP contribution < -0.4 is 10.0 Å². The summed E-state index contributed by atoms with van der Waals surface area (Å²) in [6.07, 6.45) is 2.05. The number of carboxylic acid groups (broad SMARTS) is 2. The Morgan fingerprint density at radius 1 is 1.18 bits per heavy atom. The van der Waals surface area contributed by atoms with Crippen molar-refractivity contribution >= 4 is 56.5 Å². The molecule has 1 aliphatic heterocycles. The van der Waals surface area contributed by atoms with E-state index in [1.54, 1.807) is 17.4 Å². The van der Waals surface area contributed by atoms with Crippen LogP contribution in [0.2, 0.25) is 5.02 Å². The van der Waals surface area contributed by atoms with Crippen molar-refractivity contribution in [1.82, 2.24) is 10.2 Å². The first-order valence-corrected chi connectivity index (χ1v) is 13.3. The predicted molar refractivity (Wildman–Crippen MR) is 130 cm³/mol. The molecule has 2 heterocycles. The summed E-state index contributed by atoms with van der Waals surface area (Å²) in [6, 6.07) is 7.43. The number of amides is 1. The summed E-state index contributed by atoms with van der Waals surface area (Å²) >= 11 is 7.73. The van der Waals surface area contributed by atoms with Crippen LogP contribution in [0.4, 0.5) is 5.69 Å². The predicted octanol–water partition coefficient (Wildman–Crippen LogP) is 2.67. The van der Waals surface area contributed by atoms with E-state index in [4.69, 9.17) is 31.4 Å². The molecule has 10 nitrogen and oxygen atoms in total. The van der Waals surface area contributed by atoms with Crippen LogP contribution in [0.15, 0.2) is 29.6 Å². The number of hydrogen-bond donors (Lipinski definition) is 4. The first-order chi connectivity index (χ1) is 15.8. The Hall–Kier alpha value is -2.67. The largest absolute Gasteiger partial charge is 0.473 e. The van der Waals surface area contributed by atoms with Crippen LogP contribution in [-0.2, 0) is 26.0 Å². The lowest BCUT2D eigenvalue weighted by Gasteiger charge is -2.38. The zero-order valence-electron chi connectivity index (χ0n) is 18.7. The van der Waals surface area contributed by atoms with Gasteiger partial charge in [0.15, 0.2) is 0 Å². The number of nitrogens with one attached hydrogen (secondary N) is 2.